The highest BCUT2D eigenvalue weighted by atomic mass is 16.5. The van der Waals surface area contributed by atoms with Crippen LogP contribution in [-0.4, -0.2) is 25.1 Å². The van der Waals surface area contributed by atoms with Gasteiger partial charge in [-0.3, -0.25) is 4.79 Å². The molecule has 0 aliphatic carbocycles. The molecule has 28 heavy (non-hydrogen) atoms. The van der Waals surface area contributed by atoms with E-state index < -0.39 is 5.41 Å². The Morgan fingerprint density at radius 3 is 2.64 bits per heavy atom. The predicted octanol–water partition coefficient (Wildman–Crippen LogP) is 4.80. The number of nitrogens with zero attached hydrogens (tertiary/aromatic N) is 1. The topological polar surface area (TPSA) is 70.7 Å². The molecule has 3 amide bonds. The summed E-state index contributed by atoms with van der Waals surface area (Å²) in [4.78, 5) is 27.0. The number of carbonyl (C=O) groups is 2. The van der Waals surface area contributed by atoms with Crippen molar-refractivity contribution in [3.05, 3.63) is 48.0 Å². The van der Waals surface area contributed by atoms with Gasteiger partial charge in [0.2, 0.25) is 5.91 Å². The number of carbonyl (C=O) groups excluding carboxylic acids is 2. The summed E-state index contributed by atoms with van der Waals surface area (Å²) in [5.41, 5.74) is 2.48. The van der Waals surface area contributed by atoms with E-state index >= 15 is 0 Å². The summed E-state index contributed by atoms with van der Waals surface area (Å²) in [6, 6.07) is 12.6. The first kappa shape index (κ1) is 19.7. The van der Waals surface area contributed by atoms with Gasteiger partial charge in [0.15, 0.2) is 0 Å². The van der Waals surface area contributed by atoms with Crippen LogP contribution in [-0.2, 0) is 4.79 Å². The van der Waals surface area contributed by atoms with Gasteiger partial charge in [-0.1, -0.05) is 25.1 Å². The Morgan fingerprint density at radius 2 is 1.93 bits per heavy atom. The number of amides is 3. The normalized spacial score (nSPS) is 15.3. The molecule has 0 bridgehead atoms. The number of fused-ring (bicyclic) bond motifs is 1. The minimum Gasteiger partial charge on any atom is -0.490 e. The van der Waals surface area contributed by atoms with Crippen LogP contribution in [0.3, 0.4) is 0 Å². The highest BCUT2D eigenvalue weighted by Gasteiger charge is 2.37. The molecule has 0 atom stereocenters. The molecule has 0 aromatic heterocycles. The number of para-hydroxylation sites is 1. The zero-order valence-electron chi connectivity index (χ0n) is 16.8. The van der Waals surface area contributed by atoms with Crippen LogP contribution >= 0.6 is 0 Å². The van der Waals surface area contributed by atoms with Crippen molar-refractivity contribution in [3.8, 4) is 5.75 Å². The first-order valence-corrected chi connectivity index (χ1v) is 9.54. The van der Waals surface area contributed by atoms with Crippen LogP contribution in [0.15, 0.2) is 42.5 Å². The predicted molar refractivity (Wildman–Crippen MR) is 112 cm³/mol. The molecule has 2 N–H and O–H groups in total. The number of nitrogens with one attached hydrogen (secondary N) is 2. The fourth-order valence-electron chi connectivity index (χ4n) is 3.17. The highest BCUT2D eigenvalue weighted by Crippen LogP contribution is 2.38. The van der Waals surface area contributed by atoms with Gasteiger partial charge in [-0.05, 0) is 51.0 Å². The second-order valence-electron chi connectivity index (χ2n) is 7.71. The number of anilines is 3. The quantitative estimate of drug-likeness (QED) is 0.799. The molecule has 0 unspecified atom stereocenters. The summed E-state index contributed by atoms with van der Waals surface area (Å²) in [5, 5.41) is 5.68. The molecule has 2 aromatic rings. The van der Waals surface area contributed by atoms with Crippen LogP contribution in [0.25, 0.3) is 0 Å². The van der Waals surface area contributed by atoms with Crippen LogP contribution < -0.4 is 20.3 Å². The average Bonchev–Trinajstić information content (AvgIpc) is 2.74. The standard InChI is InChI=1S/C22H27N3O3/c1-5-12-25-18-11-10-16(13-19(18)28-14-22(3,4)20(25)26)23-21(27)24-17-9-7-6-8-15(17)2/h6-11,13H,5,12,14H2,1-4H3,(H2,23,24,27). The number of hydrogen-bond donors (Lipinski definition) is 2. The Bertz CT molecular complexity index is 892. The maximum Gasteiger partial charge on any atom is 0.323 e. The van der Waals surface area contributed by atoms with E-state index in [4.69, 9.17) is 4.74 Å². The number of urea groups is 1. The lowest BCUT2D eigenvalue weighted by atomic mass is 9.93. The fourth-order valence-corrected chi connectivity index (χ4v) is 3.17. The van der Waals surface area contributed by atoms with E-state index in [2.05, 4.69) is 10.6 Å². The third-order valence-corrected chi connectivity index (χ3v) is 4.76. The zero-order valence-corrected chi connectivity index (χ0v) is 16.8. The number of hydrogen-bond acceptors (Lipinski definition) is 3. The van der Waals surface area contributed by atoms with E-state index in [1.54, 1.807) is 17.0 Å². The molecule has 0 spiro atoms. The van der Waals surface area contributed by atoms with Crippen molar-refractivity contribution in [1.82, 2.24) is 0 Å². The Morgan fingerprint density at radius 1 is 1.18 bits per heavy atom. The van der Waals surface area contributed by atoms with E-state index in [1.165, 1.54) is 0 Å². The van der Waals surface area contributed by atoms with Crippen molar-refractivity contribution < 1.29 is 14.3 Å². The average molecular weight is 381 g/mol. The maximum atomic E-state index is 12.9. The summed E-state index contributed by atoms with van der Waals surface area (Å²) in [6.07, 6.45) is 0.847. The minimum atomic E-state index is -0.607. The SMILES string of the molecule is CCCN1C(=O)C(C)(C)COc2cc(NC(=O)Nc3ccccc3C)ccc21. The van der Waals surface area contributed by atoms with Gasteiger partial charge in [-0.15, -0.1) is 0 Å². The molecule has 0 saturated heterocycles. The molecule has 1 heterocycles. The van der Waals surface area contributed by atoms with E-state index in [9.17, 15) is 9.59 Å². The summed E-state index contributed by atoms with van der Waals surface area (Å²) in [6.45, 7) is 8.67. The van der Waals surface area contributed by atoms with Gasteiger partial charge in [-0.25, -0.2) is 4.79 Å². The van der Waals surface area contributed by atoms with E-state index in [0.29, 0.717) is 18.0 Å². The first-order valence-electron chi connectivity index (χ1n) is 9.54. The van der Waals surface area contributed by atoms with E-state index in [0.717, 1.165) is 23.4 Å². The molecule has 3 rings (SSSR count). The molecule has 2 aromatic carbocycles. The second-order valence-corrected chi connectivity index (χ2v) is 7.71. The van der Waals surface area contributed by atoms with Crippen LogP contribution in [0, 0.1) is 12.3 Å². The molecule has 6 heteroatoms. The van der Waals surface area contributed by atoms with Crippen molar-refractivity contribution in [2.24, 2.45) is 5.41 Å². The van der Waals surface area contributed by atoms with Gasteiger partial charge < -0.3 is 20.3 Å². The van der Waals surface area contributed by atoms with E-state index in [1.807, 2.05) is 58.0 Å². The Kier molecular flexibility index (Phi) is 5.58. The highest BCUT2D eigenvalue weighted by molar-refractivity contribution is 6.02. The minimum absolute atomic E-state index is 0.0473. The van der Waals surface area contributed by atoms with Crippen molar-refractivity contribution >= 4 is 29.0 Å². The lowest BCUT2D eigenvalue weighted by Crippen LogP contribution is -2.42. The molecule has 0 fully saturated rings. The molecule has 1 aliphatic rings. The fraction of sp³-hybridized carbons (Fsp3) is 0.364. The van der Waals surface area contributed by atoms with Gasteiger partial charge in [-0.2, -0.15) is 0 Å². The van der Waals surface area contributed by atoms with Crippen LogP contribution in [0.2, 0.25) is 0 Å². The Balaban J connectivity index is 1.81. The second kappa shape index (κ2) is 7.92. The maximum absolute atomic E-state index is 12.9. The third kappa shape index (κ3) is 4.11. The summed E-state index contributed by atoms with van der Waals surface area (Å²) in [7, 11) is 0. The van der Waals surface area contributed by atoms with Gasteiger partial charge >= 0.3 is 6.03 Å². The lowest BCUT2D eigenvalue weighted by molar-refractivity contribution is -0.127. The van der Waals surface area contributed by atoms with Crippen LogP contribution in [0.1, 0.15) is 32.8 Å². The van der Waals surface area contributed by atoms with Crippen molar-refractivity contribution in [2.45, 2.75) is 34.1 Å². The number of rotatable bonds is 4. The molecule has 148 valence electrons. The Labute approximate surface area is 165 Å². The molecule has 6 nitrogen and oxygen atoms in total. The zero-order chi connectivity index (χ0) is 20.3. The monoisotopic (exact) mass is 381 g/mol. The van der Waals surface area contributed by atoms with E-state index in [-0.39, 0.29) is 18.5 Å². The van der Waals surface area contributed by atoms with Crippen molar-refractivity contribution in [1.29, 1.82) is 0 Å². The van der Waals surface area contributed by atoms with Crippen molar-refractivity contribution in [3.63, 3.8) is 0 Å². The van der Waals surface area contributed by atoms with Crippen molar-refractivity contribution in [2.75, 3.05) is 28.7 Å². The number of aryl methyl sites for hydroxylation is 1. The summed E-state index contributed by atoms with van der Waals surface area (Å²) >= 11 is 0. The van der Waals surface area contributed by atoms with Gasteiger partial charge in [0, 0.05) is 24.0 Å². The van der Waals surface area contributed by atoms with Crippen LogP contribution in [0.5, 0.6) is 5.75 Å². The first-order chi connectivity index (χ1) is 13.3. The molecular formula is C22H27N3O3. The van der Waals surface area contributed by atoms with Gasteiger partial charge in [0.05, 0.1) is 11.1 Å². The largest absolute Gasteiger partial charge is 0.490 e. The number of ether oxygens (including phenoxy) is 1. The lowest BCUT2D eigenvalue weighted by Gasteiger charge is -2.27. The van der Waals surface area contributed by atoms with Gasteiger partial charge in [0.1, 0.15) is 12.4 Å². The smallest absolute Gasteiger partial charge is 0.323 e. The van der Waals surface area contributed by atoms with Crippen LogP contribution in [0.4, 0.5) is 21.9 Å². The molecular weight excluding hydrogens is 354 g/mol. The van der Waals surface area contributed by atoms with Gasteiger partial charge in [0.25, 0.3) is 0 Å². The third-order valence-electron chi connectivity index (χ3n) is 4.76. The summed E-state index contributed by atoms with van der Waals surface area (Å²) < 4.78 is 5.94. The molecule has 0 radical (unpaired) electrons. The summed E-state index contributed by atoms with van der Waals surface area (Å²) in [5.74, 6) is 0.646. The molecule has 0 saturated carbocycles. The Hall–Kier alpha value is -3.02. The number of benzene rings is 2. The molecule has 1 aliphatic heterocycles.